The van der Waals surface area contributed by atoms with E-state index in [0.29, 0.717) is 11.8 Å². The van der Waals surface area contributed by atoms with Crippen molar-refractivity contribution in [2.24, 2.45) is 5.92 Å². The van der Waals surface area contributed by atoms with Gasteiger partial charge in [0.2, 0.25) is 12.7 Å². The average Bonchev–Trinajstić information content (AvgIpc) is 2.32. The van der Waals surface area contributed by atoms with Crippen LogP contribution < -0.4 is 5.32 Å². The molecule has 0 saturated carbocycles. The Hall–Kier alpha value is -1.77. The number of carbonyl (C=O) groups is 4. The van der Waals surface area contributed by atoms with Crippen molar-refractivity contribution in [3.8, 4) is 0 Å². The van der Waals surface area contributed by atoms with Gasteiger partial charge in [-0.1, -0.05) is 13.8 Å². The lowest BCUT2D eigenvalue weighted by Gasteiger charge is -2.15. The van der Waals surface area contributed by atoms with Gasteiger partial charge in [-0.05, 0) is 11.8 Å². The molecule has 0 heterocycles. The maximum Gasteiger partial charge on any atom is 0.370 e. The highest BCUT2D eigenvalue weighted by molar-refractivity contribution is 8.13. The van der Waals surface area contributed by atoms with Gasteiger partial charge in [0.1, 0.15) is 6.04 Å². The Morgan fingerprint density at radius 2 is 1.80 bits per heavy atom. The molecule has 2 N–H and O–H groups in total. The second kappa shape index (κ2) is 9.18. The summed E-state index contributed by atoms with van der Waals surface area (Å²) < 4.78 is 8.89. The first-order valence-corrected chi connectivity index (χ1v) is 6.68. The van der Waals surface area contributed by atoms with E-state index in [-0.39, 0.29) is 11.7 Å². The van der Waals surface area contributed by atoms with E-state index in [1.54, 1.807) is 13.8 Å². The predicted octanol–water partition coefficient (Wildman–Crippen LogP) is 0.602. The van der Waals surface area contributed by atoms with Crippen molar-refractivity contribution in [2.75, 3.05) is 12.5 Å². The quantitative estimate of drug-likeness (QED) is 0.518. The first-order valence-electron chi connectivity index (χ1n) is 5.70. The lowest BCUT2D eigenvalue weighted by Crippen LogP contribution is -2.44. The fourth-order valence-corrected chi connectivity index (χ4v) is 1.53. The molecule has 0 saturated heterocycles. The topological polar surface area (TPSA) is 119 Å². The van der Waals surface area contributed by atoms with Crippen molar-refractivity contribution in [3.05, 3.63) is 0 Å². The van der Waals surface area contributed by atoms with Crippen molar-refractivity contribution in [3.63, 3.8) is 0 Å². The zero-order chi connectivity index (χ0) is 15.7. The van der Waals surface area contributed by atoms with Gasteiger partial charge < -0.3 is 19.9 Å². The van der Waals surface area contributed by atoms with Crippen LogP contribution in [-0.4, -0.2) is 46.8 Å². The van der Waals surface area contributed by atoms with Crippen molar-refractivity contribution < 1.29 is 33.8 Å². The molecule has 1 atom stereocenters. The molecule has 8 nitrogen and oxygen atoms in total. The van der Waals surface area contributed by atoms with Crippen LogP contribution >= 0.6 is 11.8 Å². The molecule has 114 valence electrons. The van der Waals surface area contributed by atoms with Gasteiger partial charge in [0.15, 0.2) is 0 Å². The normalized spacial score (nSPS) is 11.6. The first-order chi connectivity index (χ1) is 9.23. The summed E-state index contributed by atoms with van der Waals surface area (Å²) >= 11 is 0.570. The highest BCUT2D eigenvalue weighted by Gasteiger charge is 2.23. The van der Waals surface area contributed by atoms with Gasteiger partial charge in [-0.15, -0.1) is 0 Å². The zero-order valence-corrected chi connectivity index (χ0v) is 12.2. The van der Waals surface area contributed by atoms with Crippen LogP contribution in [0.1, 0.15) is 20.8 Å². The van der Waals surface area contributed by atoms with Gasteiger partial charge >= 0.3 is 17.2 Å². The van der Waals surface area contributed by atoms with Gasteiger partial charge in [-0.25, -0.2) is 9.59 Å². The largest absolute Gasteiger partial charge is 0.480 e. The number of rotatable bonds is 7. The summed E-state index contributed by atoms with van der Waals surface area (Å²) in [6, 6.07) is -1.20. The van der Waals surface area contributed by atoms with Gasteiger partial charge in [-0.2, -0.15) is 0 Å². The summed E-state index contributed by atoms with van der Waals surface area (Å²) in [5, 5.41) is 10.4. The Bertz CT molecular complexity index is 383. The number of thioether (sulfide) groups is 1. The molecular weight excluding hydrogens is 290 g/mol. The van der Waals surface area contributed by atoms with Crippen molar-refractivity contribution in [1.29, 1.82) is 0 Å². The lowest BCUT2D eigenvalue weighted by molar-refractivity contribution is -0.148. The van der Waals surface area contributed by atoms with Crippen LogP contribution in [0.25, 0.3) is 0 Å². The number of nitrogens with one attached hydrogen (secondary N) is 1. The summed E-state index contributed by atoms with van der Waals surface area (Å²) in [7, 11) is 0. The Labute approximate surface area is 120 Å². The minimum atomic E-state index is -1.25. The molecule has 0 aromatic heterocycles. The first kappa shape index (κ1) is 18.2. The Balaban J connectivity index is 4.14. The van der Waals surface area contributed by atoms with Crippen molar-refractivity contribution in [1.82, 2.24) is 5.32 Å². The number of hydrogen-bond acceptors (Lipinski definition) is 7. The SMILES string of the molecule is CC(=O)OCOC(=O)SC[C@H](NC(=O)C(C)C)C(=O)O. The maximum atomic E-state index is 11.4. The molecule has 0 aliphatic rings. The van der Waals surface area contributed by atoms with Crippen LogP contribution in [0, 0.1) is 5.92 Å². The molecule has 0 aliphatic carbocycles. The fourth-order valence-electron chi connectivity index (χ4n) is 0.867. The van der Waals surface area contributed by atoms with E-state index in [9.17, 15) is 19.2 Å². The number of hydrogen-bond donors (Lipinski definition) is 2. The monoisotopic (exact) mass is 307 g/mol. The standard InChI is InChI=1S/C11H17NO7S/c1-6(2)9(14)12-8(10(15)16)4-20-11(17)19-5-18-7(3)13/h6,8H,4-5H2,1-3H3,(H,12,14)(H,15,16)/t8-/m0/s1. The Kier molecular flexibility index (Phi) is 8.37. The number of carboxylic acid groups (broad SMARTS) is 1. The molecule has 1 amide bonds. The minimum Gasteiger partial charge on any atom is -0.480 e. The number of esters is 1. The van der Waals surface area contributed by atoms with Gasteiger partial charge in [0, 0.05) is 18.6 Å². The fraction of sp³-hybridized carbons (Fsp3) is 0.636. The Morgan fingerprint density at radius 1 is 1.20 bits per heavy atom. The predicted molar refractivity (Wildman–Crippen MR) is 70.0 cm³/mol. The highest BCUT2D eigenvalue weighted by atomic mass is 32.2. The van der Waals surface area contributed by atoms with E-state index < -0.39 is 36.0 Å². The average molecular weight is 307 g/mol. The number of amides is 1. The molecule has 0 bridgehead atoms. The lowest BCUT2D eigenvalue weighted by atomic mass is 10.2. The van der Waals surface area contributed by atoms with E-state index in [1.165, 1.54) is 0 Å². The summed E-state index contributed by atoms with van der Waals surface area (Å²) in [5.74, 6) is -2.83. The van der Waals surface area contributed by atoms with Crippen LogP contribution in [0.4, 0.5) is 4.79 Å². The van der Waals surface area contributed by atoms with E-state index in [4.69, 9.17) is 5.11 Å². The minimum absolute atomic E-state index is 0.188. The van der Waals surface area contributed by atoms with E-state index in [1.807, 2.05) is 0 Å². The molecule has 0 aromatic carbocycles. The molecule has 0 spiro atoms. The Morgan fingerprint density at radius 3 is 2.25 bits per heavy atom. The summed E-state index contributed by atoms with van der Waals surface area (Å²) in [4.78, 5) is 44.0. The second-order valence-corrected chi connectivity index (χ2v) is 4.97. The third kappa shape index (κ3) is 8.35. The number of ether oxygens (including phenoxy) is 2. The smallest absolute Gasteiger partial charge is 0.370 e. The molecule has 20 heavy (non-hydrogen) atoms. The number of aliphatic carboxylic acids is 1. The third-order valence-corrected chi connectivity index (χ3v) is 2.80. The van der Waals surface area contributed by atoms with Crippen molar-refractivity contribution in [2.45, 2.75) is 26.8 Å². The molecule has 0 fully saturated rings. The summed E-state index contributed by atoms with van der Waals surface area (Å²) in [6.07, 6.45) is 0. The van der Waals surface area contributed by atoms with Crippen LogP contribution in [-0.2, 0) is 23.9 Å². The molecule has 0 aromatic rings. The highest BCUT2D eigenvalue weighted by Crippen LogP contribution is 2.08. The molecule has 9 heteroatoms. The van der Waals surface area contributed by atoms with Crippen LogP contribution in [0.2, 0.25) is 0 Å². The van der Waals surface area contributed by atoms with Gasteiger partial charge in [0.25, 0.3) is 0 Å². The van der Waals surface area contributed by atoms with Crippen molar-refractivity contribution >= 4 is 34.9 Å². The number of carbonyl (C=O) groups excluding carboxylic acids is 3. The van der Waals surface area contributed by atoms with Crippen LogP contribution in [0.15, 0.2) is 0 Å². The molecule has 0 radical (unpaired) electrons. The van der Waals surface area contributed by atoms with Gasteiger partial charge in [0.05, 0.1) is 0 Å². The summed E-state index contributed by atoms with van der Waals surface area (Å²) in [5.41, 5.74) is 0. The van der Waals surface area contributed by atoms with E-state index >= 15 is 0 Å². The third-order valence-electron chi connectivity index (χ3n) is 1.95. The second-order valence-electron chi connectivity index (χ2n) is 4.01. The van der Waals surface area contributed by atoms with Gasteiger partial charge in [-0.3, -0.25) is 9.59 Å². The van der Waals surface area contributed by atoms with Crippen LogP contribution in [0.3, 0.4) is 0 Å². The van der Waals surface area contributed by atoms with Crippen LogP contribution in [0.5, 0.6) is 0 Å². The molecule has 0 aliphatic heterocycles. The molecule has 0 rings (SSSR count). The number of carboxylic acids is 1. The van der Waals surface area contributed by atoms with E-state index in [0.717, 1.165) is 6.92 Å². The zero-order valence-electron chi connectivity index (χ0n) is 11.4. The molecule has 0 unspecified atom stereocenters. The summed E-state index contributed by atoms with van der Waals surface area (Å²) in [6.45, 7) is 3.86. The van der Waals surface area contributed by atoms with E-state index in [2.05, 4.69) is 14.8 Å². The molecular formula is C11H17NO7S. The maximum absolute atomic E-state index is 11.4.